The highest BCUT2D eigenvalue weighted by molar-refractivity contribution is 7.99. The molecule has 0 bridgehead atoms. The molecule has 1 aromatic heterocycles. The average molecular weight is 441 g/mol. The molecule has 5 heteroatoms. The summed E-state index contributed by atoms with van der Waals surface area (Å²) in [5.41, 5.74) is 6.12. The smallest absolute Gasteiger partial charge is 0.155 e. The fourth-order valence-electron chi connectivity index (χ4n) is 5.67. The molecule has 0 radical (unpaired) electrons. The Morgan fingerprint density at radius 2 is 1.87 bits per heavy atom. The van der Waals surface area contributed by atoms with E-state index in [1.807, 2.05) is 17.8 Å². The second-order valence-corrected chi connectivity index (χ2v) is 11.3. The largest absolute Gasteiger partial charge is 0.382 e. The van der Waals surface area contributed by atoms with E-state index in [0.717, 1.165) is 43.5 Å². The molecule has 5 rings (SSSR count). The first-order chi connectivity index (χ1) is 15.0. The number of aromatic nitrogens is 1. The Hall–Kier alpha value is -1.75. The number of aldehydes is 1. The van der Waals surface area contributed by atoms with E-state index in [4.69, 9.17) is 0 Å². The number of fused-ring (bicyclic) bond motifs is 3. The summed E-state index contributed by atoms with van der Waals surface area (Å²) in [6, 6.07) is 3.93. The lowest BCUT2D eigenvalue weighted by Crippen LogP contribution is -2.25. The first-order valence-corrected chi connectivity index (χ1v) is 12.9. The number of thioether (sulfide) groups is 1. The number of nitrogens with one attached hydrogen (secondary N) is 1. The quantitative estimate of drug-likeness (QED) is 0.535. The van der Waals surface area contributed by atoms with Gasteiger partial charge in [-0.3, -0.25) is 4.79 Å². The Kier molecular flexibility index (Phi) is 5.66. The van der Waals surface area contributed by atoms with Gasteiger partial charge in [0.1, 0.15) is 5.82 Å². The van der Waals surface area contributed by atoms with Gasteiger partial charge in [0.25, 0.3) is 0 Å². The minimum Gasteiger partial charge on any atom is -0.382 e. The molecule has 0 spiro atoms. The first kappa shape index (κ1) is 21.1. The van der Waals surface area contributed by atoms with Crippen molar-refractivity contribution in [1.29, 1.82) is 0 Å². The summed E-state index contributed by atoms with van der Waals surface area (Å²) >= 11 is 1.98. The molecule has 166 valence electrons. The molecular formula is C26H33FN2OS. The molecule has 0 atom stereocenters. The molecular weight excluding hydrogens is 407 g/mol. The molecule has 1 N–H and O–H groups in total. The third-order valence-electron chi connectivity index (χ3n) is 7.22. The summed E-state index contributed by atoms with van der Waals surface area (Å²) in [5.74, 6) is 0.712. The van der Waals surface area contributed by atoms with Gasteiger partial charge < -0.3 is 9.88 Å². The van der Waals surface area contributed by atoms with E-state index in [-0.39, 0.29) is 11.0 Å². The van der Waals surface area contributed by atoms with Gasteiger partial charge in [0.15, 0.2) is 6.29 Å². The molecule has 1 aliphatic heterocycles. The number of halogens is 1. The van der Waals surface area contributed by atoms with Gasteiger partial charge in [0.2, 0.25) is 0 Å². The fourth-order valence-corrected chi connectivity index (χ4v) is 7.03. The van der Waals surface area contributed by atoms with Crippen LogP contribution in [0.25, 0.3) is 5.69 Å². The maximum atomic E-state index is 15.2. The zero-order valence-electron chi connectivity index (χ0n) is 18.7. The van der Waals surface area contributed by atoms with Gasteiger partial charge in [0, 0.05) is 33.8 Å². The second kappa shape index (κ2) is 8.31. The van der Waals surface area contributed by atoms with Crippen LogP contribution in [0.1, 0.15) is 86.1 Å². The molecule has 1 aromatic carbocycles. The highest BCUT2D eigenvalue weighted by Gasteiger charge is 2.34. The van der Waals surface area contributed by atoms with E-state index in [0.29, 0.717) is 18.0 Å². The van der Waals surface area contributed by atoms with Crippen LogP contribution in [0.15, 0.2) is 17.0 Å². The normalized spacial score (nSPS) is 20.7. The number of anilines is 1. The van der Waals surface area contributed by atoms with Gasteiger partial charge in [-0.1, -0.05) is 33.1 Å². The van der Waals surface area contributed by atoms with Gasteiger partial charge in [-0.15, -0.1) is 11.8 Å². The monoisotopic (exact) mass is 440 g/mol. The standard InChI is InChI=1S/C26H33FN2OS/c1-26(2)14-24-25(31-16-26)19-10-6-7-11-23(19)29(24)18-12-21(27)20(15-30)22(13-18)28-17-8-4-3-5-9-17/h12-13,15,17,28H,3-11,14,16H2,1-2H3. The van der Waals surface area contributed by atoms with Gasteiger partial charge >= 0.3 is 0 Å². The molecule has 0 saturated heterocycles. The van der Waals surface area contributed by atoms with Crippen molar-refractivity contribution in [3.05, 3.63) is 40.5 Å². The lowest BCUT2D eigenvalue weighted by molar-refractivity contribution is 0.112. The predicted octanol–water partition coefficient (Wildman–Crippen LogP) is 6.73. The number of rotatable bonds is 4. The second-order valence-electron chi connectivity index (χ2n) is 10.4. The molecule has 1 fully saturated rings. The van der Waals surface area contributed by atoms with Crippen molar-refractivity contribution in [2.75, 3.05) is 11.1 Å². The Bertz CT molecular complexity index is 1000. The van der Waals surface area contributed by atoms with E-state index >= 15 is 4.39 Å². The van der Waals surface area contributed by atoms with Crippen LogP contribution in [0, 0.1) is 11.2 Å². The number of nitrogens with zero attached hydrogens (tertiary/aromatic N) is 1. The van der Waals surface area contributed by atoms with E-state index in [2.05, 4.69) is 23.7 Å². The van der Waals surface area contributed by atoms with Crippen molar-refractivity contribution in [3.63, 3.8) is 0 Å². The molecule has 1 saturated carbocycles. The van der Waals surface area contributed by atoms with Crippen LogP contribution in [-0.2, 0) is 19.3 Å². The molecule has 0 amide bonds. The number of benzene rings is 1. The zero-order valence-corrected chi connectivity index (χ0v) is 19.5. The molecule has 3 nitrogen and oxygen atoms in total. The average Bonchev–Trinajstić information content (AvgIpc) is 3.06. The third kappa shape index (κ3) is 3.94. The number of carbonyl (C=O) groups excluding carboxylic acids is 1. The molecule has 2 aliphatic carbocycles. The van der Waals surface area contributed by atoms with Gasteiger partial charge in [-0.05, 0) is 68.1 Å². The molecule has 3 aliphatic rings. The lowest BCUT2D eigenvalue weighted by Gasteiger charge is -2.31. The fraction of sp³-hybridized carbons (Fsp3) is 0.577. The predicted molar refractivity (Wildman–Crippen MR) is 126 cm³/mol. The highest BCUT2D eigenvalue weighted by atomic mass is 32.2. The van der Waals surface area contributed by atoms with E-state index < -0.39 is 5.82 Å². The van der Waals surface area contributed by atoms with Crippen molar-refractivity contribution in [3.8, 4) is 5.69 Å². The van der Waals surface area contributed by atoms with Crippen molar-refractivity contribution >= 4 is 23.7 Å². The van der Waals surface area contributed by atoms with Crippen LogP contribution in [0.3, 0.4) is 0 Å². The highest BCUT2D eigenvalue weighted by Crippen LogP contribution is 2.47. The zero-order chi connectivity index (χ0) is 21.6. The van der Waals surface area contributed by atoms with E-state index in [1.54, 1.807) is 6.07 Å². The van der Waals surface area contributed by atoms with Crippen LogP contribution in [0.5, 0.6) is 0 Å². The molecule has 2 aromatic rings. The maximum absolute atomic E-state index is 15.2. The van der Waals surface area contributed by atoms with Gasteiger partial charge in [-0.25, -0.2) is 4.39 Å². The number of hydrogen-bond acceptors (Lipinski definition) is 3. The molecule has 0 unspecified atom stereocenters. The Labute approximate surface area is 189 Å². The molecule has 31 heavy (non-hydrogen) atoms. The Balaban J connectivity index is 1.63. The Morgan fingerprint density at radius 3 is 2.65 bits per heavy atom. The summed E-state index contributed by atoms with van der Waals surface area (Å²) in [5, 5.41) is 3.53. The minimum absolute atomic E-state index is 0.166. The van der Waals surface area contributed by atoms with Gasteiger partial charge in [0.05, 0.1) is 11.3 Å². The van der Waals surface area contributed by atoms with Gasteiger partial charge in [-0.2, -0.15) is 0 Å². The van der Waals surface area contributed by atoms with Crippen LogP contribution >= 0.6 is 11.8 Å². The topological polar surface area (TPSA) is 34.0 Å². The summed E-state index contributed by atoms with van der Waals surface area (Å²) in [6.07, 6.45) is 12.1. The van der Waals surface area contributed by atoms with Crippen LogP contribution in [-0.4, -0.2) is 22.6 Å². The van der Waals surface area contributed by atoms with E-state index in [9.17, 15) is 4.79 Å². The van der Waals surface area contributed by atoms with Crippen molar-refractivity contribution in [1.82, 2.24) is 4.57 Å². The van der Waals surface area contributed by atoms with Crippen LogP contribution < -0.4 is 5.32 Å². The van der Waals surface area contributed by atoms with Crippen molar-refractivity contribution in [2.45, 2.75) is 89.0 Å². The summed E-state index contributed by atoms with van der Waals surface area (Å²) in [4.78, 5) is 13.2. The summed E-state index contributed by atoms with van der Waals surface area (Å²) in [6.45, 7) is 4.65. The van der Waals surface area contributed by atoms with Crippen molar-refractivity contribution in [2.24, 2.45) is 5.41 Å². The summed E-state index contributed by atoms with van der Waals surface area (Å²) < 4.78 is 17.5. The van der Waals surface area contributed by atoms with Crippen LogP contribution in [0.4, 0.5) is 10.1 Å². The van der Waals surface area contributed by atoms with E-state index in [1.165, 1.54) is 54.0 Å². The van der Waals surface area contributed by atoms with Crippen LogP contribution in [0.2, 0.25) is 0 Å². The number of carbonyl (C=O) groups is 1. The minimum atomic E-state index is -0.416. The number of hydrogen-bond donors (Lipinski definition) is 1. The first-order valence-electron chi connectivity index (χ1n) is 11.9. The summed E-state index contributed by atoms with van der Waals surface area (Å²) in [7, 11) is 0. The Morgan fingerprint density at radius 1 is 1.10 bits per heavy atom. The third-order valence-corrected chi connectivity index (χ3v) is 8.92. The SMILES string of the molecule is CC1(C)CSc2c3c(n(-c4cc(F)c(C=O)c(NC5CCCCC5)c4)c2C1)CCCC3. The lowest BCUT2D eigenvalue weighted by atomic mass is 9.89. The molecule has 2 heterocycles. The van der Waals surface area contributed by atoms with Crippen molar-refractivity contribution < 1.29 is 9.18 Å². The maximum Gasteiger partial charge on any atom is 0.155 e.